The van der Waals surface area contributed by atoms with Gasteiger partial charge in [0.1, 0.15) is 0 Å². The molecule has 5 rings (SSSR count). The van der Waals surface area contributed by atoms with E-state index in [-0.39, 0.29) is 0 Å². The average Bonchev–Trinajstić information content (AvgIpc) is 2.85. The largest absolute Gasteiger partial charge is 0.228 e. The Hall–Kier alpha value is -3.56. The standard InChI is InChI=1S/C28H19BrN2/c29-25-17-15-23(16-18-25)27-19-26(22-9-5-2-6-10-22)30-28(31-27)24-13-11-21(12-14-24)20-7-3-1-4-8-20/h1-19H. The molecular formula is C28H19BrN2. The second-order valence-corrected chi connectivity index (χ2v) is 8.19. The van der Waals surface area contributed by atoms with Crippen molar-refractivity contribution in [1.82, 2.24) is 9.97 Å². The van der Waals surface area contributed by atoms with E-state index in [0.29, 0.717) is 0 Å². The van der Waals surface area contributed by atoms with Crippen LogP contribution in [-0.4, -0.2) is 9.97 Å². The molecule has 0 aliphatic carbocycles. The minimum Gasteiger partial charge on any atom is -0.228 e. The summed E-state index contributed by atoms with van der Waals surface area (Å²) in [6.45, 7) is 0. The molecule has 31 heavy (non-hydrogen) atoms. The van der Waals surface area contributed by atoms with E-state index >= 15 is 0 Å². The number of hydrogen-bond donors (Lipinski definition) is 0. The smallest absolute Gasteiger partial charge is 0.160 e. The third-order valence-corrected chi connectivity index (χ3v) is 5.71. The summed E-state index contributed by atoms with van der Waals surface area (Å²) in [4.78, 5) is 9.80. The predicted octanol–water partition coefficient (Wildman–Crippen LogP) is 7.91. The number of nitrogens with zero attached hydrogens (tertiary/aromatic N) is 2. The first kappa shape index (κ1) is 19.4. The van der Waals surface area contributed by atoms with Gasteiger partial charge in [-0.05, 0) is 29.3 Å². The topological polar surface area (TPSA) is 25.8 Å². The first-order valence-electron chi connectivity index (χ1n) is 10.1. The quantitative estimate of drug-likeness (QED) is 0.271. The van der Waals surface area contributed by atoms with Gasteiger partial charge in [-0.1, -0.05) is 113 Å². The molecule has 3 heteroatoms. The van der Waals surface area contributed by atoms with Crippen molar-refractivity contribution in [3.63, 3.8) is 0 Å². The van der Waals surface area contributed by atoms with Crippen LogP contribution in [0.25, 0.3) is 45.0 Å². The Morgan fingerprint density at radius 2 is 0.839 bits per heavy atom. The fourth-order valence-corrected chi connectivity index (χ4v) is 3.81. The highest BCUT2D eigenvalue weighted by atomic mass is 79.9. The Morgan fingerprint density at radius 1 is 0.419 bits per heavy atom. The highest BCUT2D eigenvalue weighted by Crippen LogP contribution is 2.29. The molecule has 0 atom stereocenters. The average molecular weight is 463 g/mol. The van der Waals surface area contributed by atoms with Crippen molar-refractivity contribution in [2.45, 2.75) is 0 Å². The van der Waals surface area contributed by atoms with Crippen LogP contribution in [0.15, 0.2) is 120 Å². The highest BCUT2D eigenvalue weighted by molar-refractivity contribution is 9.10. The van der Waals surface area contributed by atoms with Crippen molar-refractivity contribution in [2.24, 2.45) is 0 Å². The molecule has 0 aliphatic heterocycles. The summed E-state index contributed by atoms with van der Waals surface area (Å²) in [6, 6.07) is 39.3. The van der Waals surface area contributed by atoms with Crippen LogP contribution in [0, 0.1) is 0 Å². The van der Waals surface area contributed by atoms with E-state index in [1.165, 1.54) is 11.1 Å². The second-order valence-electron chi connectivity index (χ2n) is 7.28. The molecule has 0 spiro atoms. The molecule has 2 nitrogen and oxygen atoms in total. The van der Waals surface area contributed by atoms with Gasteiger partial charge in [0.2, 0.25) is 0 Å². The molecule has 148 valence electrons. The summed E-state index contributed by atoms with van der Waals surface area (Å²) in [6.07, 6.45) is 0. The molecule has 0 fully saturated rings. The molecule has 0 aliphatic rings. The normalized spacial score (nSPS) is 10.7. The lowest BCUT2D eigenvalue weighted by molar-refractivity contribution is 1.18. The van der Waals surface area contributed by atoms with Gasteiger partial charge in [-0.3, -0.25) is 0 Å². The van der Waals surface area contributed by atoms with E-state index in [1.54, 1.807) is 0 Å². The lowest BCUT2D eigenvalue weighted by Crippen LogP contribution is -1.96. The zero-order valence-electron chi connectivity index (χ0n) is 16.7. The summed E-state index contributed by atoms with van der Waals surface area (Å²) in [5.74, 6) is 0.721. The van der Waals surface area contributed by atoms with Crippen LogP contribution in [0.1, 0.15) is 0 Å². The molecule has 0 saturated carbocycles. The zero-order chi connectivity index (χ0) is 21.0. The van der Waals surface area contributed by atoms with Crippen LogP contribution in [0.5, 0.6) is 0 Å². The van der Waals surface area contributed by atoms with Gasteiger partial charge in [-0.25, -0.2) is 9.97 Å². The minimum absolute atomic E-state index is 0.721. The van der Waals surface area contributed by atoms with E-state index in [9.17, 15) is 0 Å². The lowest BCUT2D eigenvalue weighted by Gasteiger charge is -2.10. The van der Waals surface area contributed by atoms with Crippen molar-refractivity contribution >= 4 is 15.9 Å². The molecule has 5 aromatic rings. The molecule has 1 aromatic heterocycles. The first-order valence-corrected chi connectivity index (χ1v) is 10.9. The highest BCUT2D eigenvalue weighted by Gasteiger charge is 2.11. The van der Waals surface area contributed by atoms with Crippen LogP contribution < -0.4 is 0 Å². The van der Waals surface area contributed by atoms with Crippen LogP contribution in [0.2, 0.25) is 0 Å². The van der Waals surface area contributed by atoms with Gasteiger partial charge in [-0.2, -0.15) is 0 Å². The third kappa shape index (κ3) is 4.32. The van der Waals surface area contributed by atoms with Gasteiger partial charge in [0.05, 0.1) is 11.4 Å². The zero-order valence-corrected chi connectivity index (χ0v) is 18.3. The molecule has 0 N–H and O–H groups in total. The Morgan fingerprint density at radius 3 is 1.42 bits per heavy atom. The summed E-state index contributed by atoms with van der Waals surface area (Å²) < 4.78 is 1.05. The van der Waals surface area contributed by atoms with E-state index < -0.39 is 0 Å². The maximum atomic E-state index is 4.91. The van der Waals surface area contributed by atoms with Gasteiger partial charge >= 0.3 is 0 Å². The monoisotopic (exact) mass is 462 g/mol. The predicted molar refractivity (Wildman–Crippen MR) is 131 cm³/mol. The van der Waals surface area contributed by atoms with Gasteiger partial charge in [0, 0.05) is 21.2 Å². The van der Waals surface area contributed by atoms with E-state index in [2.05, 4.69) is 94.8 Å². The number of halogens is 1. The molecule has 0 unspecified atom stereocenters. The number of benzene rings is 4. The first-order chi connectivity index (χ1) is 15.3. The molecule has 4 aromatic carbocycles. The van der Waals surface area contributed by atoms with Crippen LogP contribution in [0.3, 0.4) is 0 Å². The maximum absolute atomic E-state index is 4.91. The Kier molecular flexibility index (Phi) is 5.42. The van der Waals surface area contributed by atoms with Crippen LogP contribution in [-0.2, 0) is 0 Å². The van der Waals surface area contributed by atoms with Gasteiger partial charge in [0.15, 0.2) is 5.82 Å². The molecule has 1 heterocycles. The Balaban J connectivity index is 1.60. The summed E-state index contributed by atoms with van der Waals surface area (Å²) in [5, 5.41) is 0. The van der Waals surface area contributed by atoms with E-state index in [4.69, 9.17) is 9.97 Å². The van der Waals surface area contributed by atoms with Crippen molar-refractivity contribution < 1.29 is 0 Å². The van der Waals surface area contributed by atoms with Crippen molar-refractivity contribution in [1.29, 1.82) is 0 Å². The molecule has 0 bridgehead atoms. The SMILES string of the molecule is Brc1ccc(-c2cc(-c3ccccc3)nc(-c3ccc(-c4ccccc4)cc3)n2)cc1. The molecular weight excluding hydrogens is 444 g/mol. The maximum Gasteiger partial charge on any atom is 0.160 e. The fraction of sp³-hybridized carbons (Fsp3) is 0. The Bertz CT molecular complexity index is 1300. The number of aromatic nitrogens is 2. The van der Waals surface area contributed by atoms with Gasteiger partial charge in [0.25, 0.3) is 0 Å². The fourth-order valence-electron chi connectivity index (χ4n) is 3.54. The molecule has 0 saturated heterocycles. The van der Waals surface area contributed by atoms with Crippen molar-refractivity contribution in [3.05, 3.63) is 120 Å². The number of hydrogen-bond acceptors (Lipinski definition) is 2. The van der Waals surface area contributed by atoms with Crippen LogP contribution >= 0.6 is 15.9 Å². The summed E-state index contributed by atoms with van der Waals surface area (Å²) in [5.41, 5.74) is 7.32. The van der Waals surface area contributed by atoms with Crippen molar-refractivity contribution in [3.8, 4) is 45.0 Å². The van der Waals surface area contributed by atoms with Gasteiger partial charge in [-0.15, -0.1) is 0 Å². The van der Waals surface area contributed by atoms with Gasteiger partial charge < -0.3 is 0 Å². The Labute approximate surface area is 190 Å². The van der Waals surface area contributed by atoms with Crippen molar-refractivity contribution in [2.75, 3.05) is 0 Å². The number of rotatable bonds is 4. The lowest BCUT2D eigenvalue weighted by atomic mass is 10.0. The summed E-state index contributed by atoms with van der Waals surface area (Å²) >= 11 is 3.51. The van der Waals surface area contributed by atoms with E-state index in [1.807, 2.05) is 36.4 Å². The molecule has 0 amide bonds. The van der Waals surface area contributed by atoms with Crippen LogP contribution in [0.4, 0.5) is 0 Å². The molecule has 0 radical (unpaired) electrons. The minimum atomic E-state index is 0.721. The summed E-state index contributed by atoms with van der Waals surface area (Å²) in [7, 11) is 0. The second kappa shape index (κ2) is 8.66. The van der Waals surface area contributed by atoms with E-state index in [0.717, 1.165) is 38.4 Å². The third-order valence-electron chi connectivity index (χ3n) is 5.19.